The number of fused-ring (bicyclic) bond motifs is 2. The first-order valence-corrected chi connectivity index (χ1v) is 12.6. The Kier molecular flexibility index (Phi) is 5.31. The number of rotatable bonds is 5. The van der Waals surface area contributed by atoms with Gasteiger partial charge in [0.15, 0.2) is 11.5 Å². The van der Waals surface area contributed by atoms with Crippen molar-refractivity contribution in [3.8, 4) is 39.9 Å². The molecular formula is C28H24N8O. The maximum atomic E-state index is 6.23. The summed E-state index contributed by atoms with van der Waals surface area (Å²) >= 11 is 0. The van der Waals surface area contributed by atoms with Crippen LogP contribution in [0.25, 0.3) is 56.2 Å². The standard InChI is InChI=1S/C28H24N8O/c1-2-6-18(7-3-1)37-19-14-17(15-29-16-19)20-9-10-23-26(32-20)27(36-35-23)28-33-22-11-13-31-24(25(22)34-28)21-8-4-5-12-30-21/h4-5,8-16,18H,1-3,6-7H2,(H,33,34)(H,35,36). The lowest BCUT2D eigenvalue weighted by Gasteiger charge is -2.22. The Morgan fingerprint density at radius 3 is 2.59 bits per heavy atom. The van der Waals surface area contributed by atoms with Gasteiger partial charge in [0.05, 0.1) is 34.7 Å². The van der Waals surface area contributed by atoms with E-state index in [1.54, 1.807) is 18.6 Å². The smallest absolute Gasteiger partial charge is 0.161 e. The summed E-state index contributed by atoms with van der Waals surface area (Å²) in [5.41, 5.74) is 6.96. The fourth-order valence-corrected chi connectivity index (χ4v) is 4.96. The molecule has 0 atom stereocenters. The van der Waals surface area contributed by atoms with Crippen LogP contribution in [-0.2, 0) is 0 Å². The van der Waals surface area contributed by atoms with Crippen LogP contribution in [0.2, 0.25) is 0 Å². The summed E-state index contributed by atoms with van der Waals surface area (Å²) in [6.45, 7) is 0. The zero-order valence-corrected chi connectivity index (χ0v) is 20.1. The largest absolute Gasteiger partial charge is 0.489 e. The van der Waals surface area contributed by atoms with Crippen molar-refractivity contribution in [1.29, 1.82) is 0 Å². The van der Waals surface area contributed by atoms with E-state index < -0.39 is 0 Å². The fraction of sp³-hybridized carbons (Fsp3) is 0.214. The predicted octanol–water partition coefficient (Wildman–Crippen LogP) is 5.73. The monoisotopic (exact) mass is 488 g/mol. The number of nitrogens with zero attached hydrogens (tertiary/aromatic N) is 6. The van der Waals surface area contributed by atoms with Crippen molar-refractivity contribution in [2.75, 3.05) is 0 Å². The molecule has 0 spiro atoms. The number of H-pyrrole nitrogens is 2. The Labute approximate surface area is 212 Å². The van der Waals surface area contributed by atoms with Gasteiger partial charge < -0.3 is 9.72 Å². The second-order valence-corrected chi connectivity index (χ2v) is 9.31. The molecule has 9 nitrogen and oxygen atoms in total. The summed E-state index contributed by atoms with van der Waals surface area (Å²) in [7, 11) is 0. The fourth-order valence-electron chi connectivity index (χ4n) is 4.96. The molecule has 0 unspecified atom stereocenters. The average Bonchev–Trinajstić information content (AvgIpc) is 3.58. The van der Waals surface area contributed by atoms with Gasteiger partial charge in [0.2, 0.25) is 0 Å². The van der Waals surface area contributed by atoms with Crippen LogP contribution >= 0.6 is 0 Å². The molecule has 0 radical (unpaired) electrons. The van der Waals surface area contributed by atoms with E-state index in [0.717, 1.165) is 63.3 Å². The number of ether oxygens (including phenoxy) is 1. The SMILES string of the molecule is c1ccc(-c2nccc3[nH]c(-c4n[nH]c5ccc(-c6cncc(OC7CCCCC7)c6)nc45)nc23)nc1. The molecule has 1 fully saturated rings. The van der Waals surface area contributed by atoms with Crippen molar-refractivity contribution in [2.24, 2.45) is 0 Å². The highest BCUT2D eigenvalue weighted by atomic mass is 16.5. The van der Waals surface area contributed by atoms with Crippen molar-refractivity contribution < 1.29 is 4.74 Å². The number of aromatic amines is 2. The molecule has 0 amide bonds. The van der Waals surface area contributed by atoms with Crippen LogP contribution in [0.5, 0.6) is 5.75 Å². The first-order chi connectivity index (χ1) is 18.3. The zero-order chi connectivity index (χ0) is 24.6. The summed E-state index contributed by atoms with van der Waals surface area (Å²) in [6, 6.07) is 13.6. The van der Waals surface area contributed by atoms with Gasteiger partial charge in [-0.2, -0.15) is 5.10 Å². The average molecular weight is 489 g/mol. The van der Waals surface area contributed by atoms with Gasteiger partial charge in [-0.15, -0.1) is 0 Å². The molecule has 7 rings (SSSR count). The highest BCUT2D eigenvalue weighted by Gasteiger charge is 2.19. The zero-order valence-electron chi connectivity index (χ0n) is 20.1. The summed E-state index contributed by atoms with van der Waals surface area (Å²) < 4.78 is 6.23. The van der Waals surface area contributed by atoms with E-state index in [1.165, 1.54) is 19.3 Å². The van der Waals surface area contributed by atoms with E-state index in [0.29, 0.717) is 11.5 Å². The lowest BCUT2D eigenvalue weighted by atomic mass is 9.98. The number of hydrogen-bond donors (Lipinski definition) is 2. The van der Waals surface area contributed by atoms with Gasteiger partial charge in [-0.3, -0.25) is 20.1 Å². The van der Waals surface area contributed by atoms with E-state index in [-0.39, 0.29) is 6.10 Å². The number of hydrogen-bond acceptors (Lipinski definition) is 7. The van der Waals surface area contributed by atoms with Crippen molar-refractivity contribution >= 4 is 22.1 Å². The molecular weight excluding hydrogens is 464 g/mol. The molecule has 37 heavy (non-hydrogen) atoms. The third-order valence-electron chi connectivity index (χ3n) is 6.80. The van der Waals surface area contributed by atoms with Crippen molar-refractivity contribution in [2.45, 2.75) is 38.2 Å². The van der Waals surface area contributed by atoms with Crippen LogP contribution in [0.1, 0.15) is 32.1 Å². The lowest BCUT2D eigenvalue weighted by molar-refractivity contribution is 0.154. The van der Waals surface area contributed by atoms with Gasteiger partial charge in [-0.1, -0.05) is 12.5 Å². The van der Waals surface area contributed by atoms with E-state index in [2.05, 4.69) is 30.1 Å². The molecule has 1 aliphatic carbocycles. The molecule has 0 aliphatic heterocycles. The van der Waals surface area contributed by atoms with Crippen molar-refractivity contribution in [1.82, 2.24) is 40.1 Å². The molecule has 0 saturated heterocycles. The van der Waals surface area contributed by atoms with Crippen LogP contribution in [0.4, 0.5) is 0 Å². The third kappa shape index (κ3) is 4.08. The molecule has 182 valence electrons. The Bertz CT molecular complexity index is 1700. The number of pyridine rings is 4. The summed E-state index contributed by atoms with van der Waals surface area (Å²) in [5, 5.41) is 7.62. The highest BCUT2D eigenvalue weighted by Crippen LogP contribution is 2.31. The lowest BCUT2D eigenvalue weighted by Crippen LogP contribution is -2.19. The minimum atomic E-state index is 0.264. The van der Waals surface area contributed by atoms with Gasteiger partial charge in [-0.25, -0.2) is 9.97 Å². The predicted molar refractivity (Wildman–Crippen MR) is 141 cm³/mol. The Balaban J connectivity index is 1.26. The maximum absolute atomic E-state index is 6.23. The van der Waals surface area contributed by atoms with Gasteiger partial charge in [0, 0.05) is 24.2 Å². The molecule has 1 saturated carbocycles. The number of nitrogens with one attached hydrogen (secondary N) is 2. The minimum Gasteiger partial charge on any atom is -0.489 e. The van der Waals surface area contributed by atoms with Gasteiger partial charge in [-0.05, 0) is 62.1 Å². The van der Waals surface area contributed by atoms with Crippen LogP contribution < -0.4 is 4.74 Å². The summed E-state index contributed by atoms with van der Waals surface area (Å²) in [5.74, 6) is 1.40. The van der Waals surface area contributed by atoms with E-state index in [9.17, 15) is 0 Å². The highest BCUT2D eigenvalue weighted by molar-refractivity contribution is 5.94. The van der Waals surface area contributed by atoms with Crippen molar-refractivity contribution in [3.63, 3.8) is 0 Å². The molecule has 0 aromatic carbocycles. The first-order valence-electron chi connectivity index (χ1n) is 12.6. The molecule has 6 aromatic rings. The first kappa shape index (κ1) is 21.6. The second-order valence-electron chi connectivity index (χ2n) is 9.31. The van der Waals surface area contributed by atoms with Gasteiger partial charge in [0.1, 0.15) is 22.5 Å². The third-order valence-corrected chi connectivity index (χ3v) is 6.80. The van der Waals surface area contributed by atoms with Gasteiger partial charge in [0.25, 0.3) is 0 Å². The van der Waals surface area contributed by atoms with Crippen LogP contribution in [0.15, 0.2) is 67.3 Å². The van der Waals surface area contributed by atoms with E-state index >= 15 is 0 Å². The topological polar surface area (TPSA) is 118 Å². The second kappa shape index (κ2) is 9.09. The molecule has 2 N–H and O–H groups in total. The molecule has 0 bridgehead atoms. The molecule has 6 aromatic heterocycles. The normalized spacial score (nSPS) is 14.4. The number of aromatic nitrogens is 8. The molecule has 9 heteroatoms. The maximum Gasteiger partial charge on any atom is 0.161 e. The quantitative estimate of drug-likeness (QED) is 0.318. The Morgan fingerprint density at radius 2 is 1.70 bits per heavy atom. The van der Waals surface area contributed by atoms with Gasteiger partial charge >= 0.3 is 0 Å². The Morgan fingerprint density at radius 1 is 0.784 bits per heavy atom. The number of imidazole rings is 1. The minimum absolute atomic E-state index is 0.264. The molecule has 1 aliphatic rings. The summed E-state index contributed by atoms with van der Waals surface area (Å²) in [6.07, 6.45) is 13.3. The van der Waals surface area contributed by atoms with Crippen LogP contribution in [0.3, 0.4) is 0 Å². The van der Waals surface area contributed by atoms with Crippen LogP contribution in [-0.4, -0.2) is 46.2 Å². The van der Waals surface area contributed by atoms with E-state index in [4.69, 9.17) is 14.7 Å². The summed E-state index contributed by atoms with van der Waals surface area (Å²) in [4.78, 5) is 26.6. The Hall–Kier alpha value is -4.66. The van der Waals surface area contributed by atoms with Crippen LogP contribution in [0, 0.1) is 0 Å². The molecule has 6 heterocycles. The van der Waals surface area contributed by atoms with Crippen molar-refractivity contribution in [3.05, 3.63) is 67.3 Å². The van der Waals surface area contributed by atoms with E-state index in [1.807, 2.05) is 48.7 Å².